The largest absolute Gasteiger partial charge is 0.504 e. The van der Waals surface area contributed by atoms with Crippen molar-refractivity contribution in [3.8, 4) is 11.5 Å². The third-order valence-corrected chi connectivity index (χ3v) is 5.29. The van der Waals surface area contributed by atoms with Crippen LogP contribution in [0.4, 0.5) is 5.82 Å². The number of methoxy groups -OCH3 is 1. The molecule has 2 aromatic rings. The number of nitrogens with zero attached hydrogens (tertiary/aromatic N) is 3. The summed E-state index contributed by atoms with van der Waals surface area (Å²) in [6.07, 6.45) is 2.88. The highest BCUT2D eigenvalue weighted by Crippen LogP contribution is 2.26. The van der Waals surface area contributed by atoms with E-state index in [1.807, 2.05) is 25.1 Å². The van der Waals surface area contributed by atoms with Crippen molar-refractivity contribution in [1.82, 2.24) is 15.6 Å². The normalized spacial score (nSPS) is 14.7. The standard InChI is InChI=1S/C23H33N5O2.HI/c1-4-24-23(25-13-10-18-8-9-20(29)21(16-18)30-3)27-19-11-14-28(15-12-19)22-7-5-6-17(2)26-22;/h5-9,16,19,29H,4,10-15H2,1-3H3,(H2,24,25,27);1H. The fourth-order valence-electron chi connectivity index (χ4n) is 3.65. The molecule has 0 spiro atoms. The van der Waals surface area contributed by atoms with Crippen molar-refractivity contribution in [3.63, 3.8) is 0 Å². The molecule has 0 amide bonds. The molecule has 0 unspecified atom stereocenters. The van der Waals surface area contributed by atoms with Gasteiger partial charge in [0.05, 0.1) is 7.11 Å². The number of aryl methyl sites for hydroxylation is 1. The summed E-state index contributed by atoms with van der Waals surface area (Å²) in [4.78, 5) is 11.7. The smallest absolute Gasteiger partial charge is 0.191 e. The second-order valence-electron chi connectivity index (χ2n) is 7.56. The van der Waals surface area contributed by atoms with Crippen LogP contribution in [0.25, 0.3) is 0 Å². The van der Waals surface area contributed by atoms with Crippen LogP contribution >= 0.6 is 24.0 Å². The van der Waals surface area contributed by atoms with E-state index in [0.29, 0.717) is 18.3 Å². The molecule has 1 aromatic heterocycles. The SMILES string of the molecule is CCNC(=NCCc1ccc(O)c(OC)c1)NC1CCN(c2cccc(C)n2)CC1.I. The summed E-state index contributed by atoms with van der Waals surface area (Å²) in [5.74, 6) is 2.58. The molecule has 1 aromatic carbocycles. The Morgan fingerprint density at radius 1 is 1.26 bits per heavy atom. The first kappa shape index (κ1) is 25.0. The molecule has 0 aliphatic carbocycles. The molecule has 31 heavy (non-hydrogen) atoms. The third kappa shape index (κ3) is 7.45. The Morgan fingerprint density at radius 2 is 2.03 bits per heavy atom. The zero-order valence-electron chi connectivity index (χ0n) is 18.6. The Labute approximate surface area is 202 Å². The maximum atomic E-state index is 9.73. The van der Waals surface area contributed by atoms with Crippen LogP contribution in [-0.4, -0.2) is 55.4 Å². The van der Waals surface area contributed by atoms with Crippen LogP contribution in [0, 0.1) is 6.92 Å². The van der Waals surface area contributed by atoms with Gasteiger partial charge in [-0.15, -0.1) is 24.0 Å². The van der Waals surface area contributed by atoms with Crippen LogP contribution < -0.4 is 20.3 Å². The average molecular weight is 539 g/mol. The lowest BCUT2D eigenvalue weighted by atomic mass is 10.1. The Kier molecular flexibility index (Phi) is 10.2. The number of aromatic hydroxyl groups is 1. The van der Waals surface area contributed by atoms with E-state index in [2.05, 4.69) is 39.6 Å². The molecule has 0 atom stereocenters. The molecule has 2 heterocycles. The van der Waals surface area contributed by atoms with E-state index in [1.54, 1.807) is 13.2 Å². The number of ether oxygens (including phenoxy) is 1. The van der Waals surface area contributed by atoms with E-state index >= 15 is 0 Å². The number of aromatic nitrogens is 1. The first-order chi connectivity index (χ1) is 14.6. The van der Waals surface area contributed by atoms with E-state index in [-0.39, 0.29) is 29.7 Å². The second-order valence-corrected chi connectivity index (χ2v) is 7.56. The molecule has 7 nitrogen and oxygen atoms in total. The number of phenolic OH excluding ortho intramolecular Hbond substituents is 1. The van der Waals surface area contributed by atoms with Gasteiger partial charge in [-0.3, -0.25) is 4.99 Å². The number of aliphatic imine (C=N–C) groups is 1. The van der Waals surface area contributed by atoms with Crippen molar-refractivity contribution >= 4 is 35.8 Å². The van der Waals surface area contributed by atoms with Gasteiger partial charge in [0.15, 0.2) is 17.5 Å². The van der Waals surface area contributed by atoms with E-state index in [9.17, 15) is 5.11 Å². The first-order valence-corrected chi connectivity index (χ1v) is 10.7. The number of piperidine rings is 1. The Hall–Kier alpha value is -2.23. The molecule has 1 aliphatic rings. The summed E-state index contributed by atoms with van der Waals surface area (Å²) >= 11 is 0. The second kappa shape index (κ2) is 12.6. The summed E-state index contributed by atoms with van der Waals surface area (Å²) in [5, 5.41) is 16.7. The highest BCUT2D eigenvalue weighted by Gasteiger charge is 2.21. The number of nitrogens with one attached hydrogen (secondary N) is 2. The number of hydrogen-bond donors (Lipinski definition) is 3. The summed E-state index contributed by atoms with van der Waals surface area (Å²) in [5.41, 5.74) is 2.14. The third-order valence-electron chi connectivity index (χ3n) is 5.29. The molecule has 170 valence electrons. The molecule has 3 N–H and O–H groups in total. The first-order valence-electron chi connectivity index (χ1n) is 10.7. The monoisotopic (exact) mass is 539 g/mol. The Balaban J connectivity index is 0.00000341. The zero-order chi connectivity index (χ0) is 21.3. The van der Waals surface area contributed by atoms with Crippen LogP contribution in [0.15, 0.2) is 41.4 Å². The molecule has 0 saturated carbocycles. The summed E-state index contributed by atoms with van der Waals surface area (Å²) in [6.45, 7) is 7.57. The van der Waals surface area contributed by atoms with Gasteiger partial charge in [0, 0.05) is 37.9 Å². The van der Waals surface area contributed by atoms with Crippen LogP contribution in [-0.2, 0) is 6.42 Å². The number of halogens is 1. The van der Waals surface area contributed by atoms with Gasteiger partial charge < -0.3 is 25.4 Å². The summed E-state index contributed by atoms with van der Waals surface area (Å²) < 4.78 is 5.18. The number of guanidine groups is 1. The van der Waals surface area contributed by atoms with Crippen molar-refractivity contribution < 1.29 is 9.84 Å². The van der Waals surface area contributed by atoms with Crippen LogP contribution in [0.2, 0.25) is 0 Å². The molecule has 0 radical (unpaired) electrons. The molecular formula is C23H34IN5O2. The number of hydrogen-bond acceptors (Lipinski definition) is 5. The van der Waals surface area contributed by atoms with Gasteiger partial charge in [-0.05, 0) is 62.9 Å². The topological polar surface area (TPSA) is 82.0 Å². The molecule has 1 fully saturated rings. The van der Waals surface area contributed by atoms with Crippen LogP contribution in [0.3, 0.4) is 0 Å². The minimum Gasteiger partial charge on any atom is -0.504 e. The van der Waals surface area contributed by atoms with Crippen LogP contribution in [0.1, 0.15) is 31.0 Å². The summed E-state index contributed by atoms with van der Waals surface area (Å²) in [7, 11) is 1.56. The quantitative estimate of drug-likeness (QED) is 0.284. The average Bonchev–Trinajstić information content (AvgIpc) is 2.75. The van der Waals surface area contributed by atoms with Crippen molar-refractivity contribution in [3.05, 3.63) is 47.7 Å². The lowest BCUT2D eigenvalue weighted by Gasteiger charge is -2.34. The number of pyridine rings is 1. The number of phenols is 1. The fourth-order valence-corrected chi connectivity index (χ4v) is 3.65. The maximum absolute atomic E-state index is 9.73. The molecule has 1 saturated heterocycles. The fraction of sp³-hybridized carbons (Fsp3) is 0.478. The molecule has 3 rings (SSSR count). The molecular weight excluding hydrogens is 505 g/mol. The van der Waals surface area contributed by atoms with E-state index in [4.69, 9.17) is 9.73 Å². The maximum Gasteiger partial charge on any atom is 0.191 e. The number of rotatable bonds is 7. The minimum absolute atomic E-state index is 0. The number of anilines is 1. The van der Waals surface area contributed by atoms with Gasteiger partial charge in [-0.2, -0.15) is 0 Å². The summed E-state index contributed by atoms with van der Waals surface area (Å²) in [6, 6.07) is 12.0. The van der Waals surface area contributed by atoms with Crippen molar-refractivity contribution in [1.29, 1.82) is 0 Å². The Morgan fingerprint density at radius 3 is 2.71 bits per heavy atom. The predicted molar refractivity (Wildman–Crippen MR) is 137 cm³/mol. The lowest BCUT2D eigenvalue weighted by molar-refractivity contribution is 0.373. The van der Waals surface area contributed by atoms with E-state index in [0.717, 1.165) is 61.9 Å². The highest BCUT2D eigenvalue weighted by molar-refractivity contribution is 14.0. The van der Waals surface area contributed by atoms with Gasteiger partial charge in [0.25, 0.3) is 0 Å². The van der Waals surface area contributed by atoms with Crippen molar-refractivity contribution in [2.24, 2.45) is 4.99 Å². The van der Waals surface area contributed by atoms with E-state index < -0.39 is 0 Å². The van der Waals surface area contributed by atoms with Crippen molar-refractivity contribution in [2.45, 2.75) is 39.2 Å². The van der Waals surface area contributed by atoms with Gasteiger partial charge in [-0.1, -0.05) is 12.1 Å². The molecule has 1 aliphatic heterocycles. The Bertz CT molecular complexity index is 854. The van der Waals surface area contributed by atoms with E-state index in [1.165, 1.54) is 0 Å². The molecule has 8 heteroatoms. The van der Waals surface area contributed by atoms with Gasteiger partial charge in [-0.25, -0.2) is 4.98 Å². The zero-order valence-corrected chi connectivity index (χ0v) is 20.9. The van der Waals surface area contributed by atoms with Crippen molar-refractivity contribution in [2.75, 3.05) is 38.2 Å². The van der Waals surface area contributed by atoms with Gasteiger partial charge in [0.2, 0.25) is 0 Å². The predicted octanol–water partition coefficient (Wildman–Crippen LogP) is 3.49. The van der Waals surface area contributed by atoms with Gasteiger partial charge >= 0.3 is 0 Å². The van der Waals surface area contributed by atoms with Gasteiger partial charge in [0.1, 0.15) is 5.82 Å². The van der Waals surface area contributed by atoms with Crippen LogP contribution in [0.5, 0.6) is 11.5 Å². The minimum atomic E-state index is 0. The molecule has 0 bridgehead atoms. The lowest BCUT2D eigenvalue weighted by Crippen LogP contribution is -2.49. The number of benzene rings is 1. The highest BCUT2D eigenvalue weighted by atomic mass is 127.